The van der Waals surface area contributed by atoms with Crippen molar-refractivity contribution in [2.75, 3.05) is 0 Å². The molecule has 4 heteroatoms. The lowest BCUT2D eigenvalue weighted by Crippen LogP contribution is -3.00. The van der Waals surface area contributed by atoms with Gasteiger partial charge in [0.05, 0.1) is 12.2 Å². The van der Waals surface area contributed by atoms with Gasteiger partial charge < -0.3 is 24.0 Å². The van der Waals surface area contributed by atoms with Gasteiger partial charge in [0.2, 0.25) is 0 Å². The van der Waals surface area contributed by atoms with Crippen LogP contribution in [0, 0.1) is 13.8 Å². The van der Waals surface area contributed by atoms with Crippen LogP contribution in [-0.4, -0.2) is 9.78 Å². The molecule has 0 radical (unpaired) electrons. The summed E-state index contributed by atoms with van der Waals surface area (Å²) in [4.78, 5) is 0. The predicted molar refractivity (Wildman–Crippen MR) is 93.8 cm³/mol. The summed E-state index contributed by atoms with van der Waals surface area (Å²) in [6.07, 6.45) is 8.41. The van der Waals surface area contributed by atoms with Gasteiger partial charge in [-0.15, -0.1) is 0 Å². The number of nitrogens with zero attached hydrogens (tertiary/aromatic N) is 3. The number of aromatic nitrogens is 3. The molecular weight excluding hydrogens is 409 g/mol. The first-order chi connectivity index (χ1) is 11.1. The summed E-state index contributed by atoms with van der Waals surface area (Å²) in [6.45, 7) is 5.01. The van der Waals surface area contributed by atoms with Gasteiger partial charge in [-0.1, -0.05) is 42.5 Å². The Hall–Kier alpha value is -1.95. The van der Waals surface area contributed by atoms with Crippen LogP contribution in [-0.2, 0) is 13.6 Å². The number of aryl methyl sites for hydroxylation is 2. The average molecular weight is 431 g/mol. The smallest absolute Gasteiger partial charge is 0.169 e. The molecule has 3 rings (SSSR count). The van der Waals surface area contributed by atoms with Crippen molar-refractivity contribution in [2.45, 2.75) is 20.4 Å². The molecule has 3 aromatic rings. The highest BCUT2D eigenvalue weighted by molar-refractivity contribution is 5.71. The number of rotatable bonds is 4. The van der Waals surface area contributed by atoms with E-state index >= 15 is 0 Å². The van der Waals surface area contributed by atoms with Crippen molar-refractivity contribution < 1.29 is 28.5 Å². The maximum Gasteiger partial charge on any atom is 0.169 e. The predicted octanol–water partition coefficient (Wildman–Crippen LogP) is 0.547. The summed E-state index contributed by atoms with van der Waals surface area (Å²) in [6, 6.07) is 14.7. The fourth-order valence-electron chi connectivity index (χ4n) is 2.67. The number of benzene rings is 1. The van der Waals surface area contributed by atoms with Gasteiger partial charge in [-0.3, -0.25) is 4.68 Å². The van der Waals surface area contributed by atoms with Crippen LogP contribution in [0.5, 0.6) is 0 Å². The van der Waals surface area contributed by atoms with Gasteiger partial charge in [0.15, 0.2) is 12.4 Å². The molecule has 3 nitrogen and oxygen atoms in total. The first-order valence-corrected chi connectivity index (χ1v) is 7.85. The lowest BCUT2D eigenvalue weighted by atomic mass is 10.1. The maximum atomic E-state index is 4.69. The molecule has 0 aliphatic rings. The molecule has 0 fully saturated rings. The van der Waals surface area contributed by atoms with E-state index < -0.39 is 0 Å². The average Bonchev–Trinajstić information content (AvgIpc) is 2.82. The van der Waals surface area contributed by atoms with E-state index in [0.717, 1.165) is 12.2 Å². The summed E-state index contributed by atoms with van der Waals surface area (Å²) in [5.74, 6) is 0. The minimum Gasteiger partial charge on any atom is -1.00 e. The molecule has 2 heterocycles. The first-order valence-electron chi connectivity index (χ1n) is 7.85. The molecule has 0 aliphatic heterocycles. The Morgan fingerprint density at radius 1 is 1.00 bits per heavy atom. The molecule has 0 spiro atoms. The van der Waals surface area contributed by atoms with Crippen LogP contribution in [0.3, 0.4) is 0 Å². The molecule has 1 aromatic carbocycles. The van der Waals surface area contributed by atoms with Crippen LogP contribution >= 0.6 is 0 Å². The largest absolute Gasteiger partial charge is 1.00 e. The molecule has 0 N–H and O–H groups in total. The molecule has 24 heavy (non-hydrogen) atoms. The minimum absolute atomic E-state index is 0. The fourth-order valence-corrected chi connectivity index (χ4v) is 2.67. The Morgan fingerprint density at radius 2 is 1.67 bits per heavy atom. The van der Waals surface area contributed by atoms with E-state index in [1.165, 1.54) is 22.4 Å². The van der Waals surface area contributed by atoms with Crippen molar-refractivity contribution in [3.05, 3.63) is 82.9 Å². The standard InChI is InChI=1S/C20H22N3.HI/c1-16-20(10-9-18-11-13-22(3)14-12-18)17(2)23(21-16)15-19-7-5-4-6-8-19;/h4-14H,15H2,1-3H3;1H/q+1;/p-1. The van der Waals surface area contributed by atoms with E-state index in [2.05, 4.69) is 79.5 Å². The maximum absolute atomic E-state index is 4.69. The van der Waals surface area contributed by atoms with Crippen molar-refractivity contribution in [1.82, 2.24) is 9.78 Å². The van der Waals surface area contributed by atoms with E-state index in [1.54, 1.807) is 0 Å². The second kappa shape index (κ2) is 8.24. The Kier molecular flexibility index (Phi) is 6.31. The van der Waals surface area contributed by atoms with Gasteiger partial charge in [-0.2, -0.15) is 5.10 Å². The molecule has 0 bridgehead atoms. The molecule has 0 unspecified atom stereocenters. The molecule has 0 saturated carbocycles. The lowest BCUT2D eigenvalue weighted by molar-refractivity contribution is -0.671. The molecule has 0 amide bonds. The molecule has 2 aromatic heterocycles. The van der Waals surface area contributed by atoms with Crippen LogP contribution < -0.4 is 28.5 Å². The molecule has 0 aliphatic carbocycles. The van der Waals surface area contributed by atoms with Crippen molar-refractivity contribution in [2.24, 2.45) is 7.05 Å². The summed E-state index contributed by atoms with van der Waals surface area (Å²) in [7, 11) is 2.02. The van der Waals surface area contributed by atoms with Crippen LogP contribution in [0.25, 0.3) is 12.2 Å². The van der Waals surface area contributed by atoms with E-state index in [1.807, 2.05) is 17.7 Å². The third-order valence-electron chi connectivity index (χ3n) is 4.06. The second-order valence-corrected chi connectivity index (χ2v) is 5.86. The summed E-state index contributed by atoms with van der Waals surface area (Å²) < 4.78 is 4.11. The zero-order chi connectivity index (χ0) is 16.2. The van der Waals surface area contributed by atoms with Crippen molar-refractivity contribution >= 4 is 12.2 Å². The Balaban J connectivity index is 0.00000208. The Morgan fingerprint density at radius 3 is 2.33 bits per heavy atom. The van der Waals surface area contributed by atoms with Crippen LogP contribution in [0.1, 0.15) is 28.1 Å². The Labute approximate surface area is 160 Å². The third-order valence-corrected chi connectivity index (χ3v) is 4.06. The number of halogens is 1. The van der Waals surface area contributed by atoms with Gasteiger partial charge in [0.25, 0.3) is 0 Å². The Bertz CT molecular complexity index is 818. The minimum atomic E-state index is 0. The van der Waals surface area contributed by atoms with Crippen molar-refractivity contribution in [3.63, 3.8) is 0 Å². The monoisotopic (exact) mass is 431 g/mol. The van der Waals surface area contributed by atoms with Crippen LogP contribution in [0.2, 0.25) is 0 Å². The highest BCUT2D eigenvalue weighted by atomic mass is 127. The SMILES string of the molecule is Cc1nn(Cc2ccccc2)c(C)c1/C=C/c1cc[n+](C)cc1.[I-]. The van der Waals surface area contributed by atoms with Gasteiger partial charge in [0, 0.05) is 23.4 Å². The summed E-state index contributed by atoms with van der Waals surface area (Å²) in [5.41, 5.74) is 5.93. The summed E-state index contributed by atoms with van der Waals surface area (Å²) in [5, 5.41) is 4.69. The van der Waals surface area contributed by atoms with Gasteiger partial charge in [-0.05, 0) is 25.0 Å². The second-order valence-electron chi connectivity index (χ2n) is 5.86. The van der Waals surface area contributed by atoms with E-state index in [9.17, 15) is 0 Å². The van der Waals surface area contributed by atoms with Crippen LogP contribution in [0.4, 0.5) is 0 Å². The molecular formula is C20H22IN3. The molecule has 0 saturated heterocycles. The molecule has 0 atom stereocenters. The highest BCUT2D eigenvalue weighted by Crippen LogP contribution is 2.17. The van der Waals surface area contributed by atoms with Gasteiger partial charge >= 0.3 is 0 Å². The highest BCUT2D eigenvalue weighted by Gasteiger charge is 2.09. The lowest BCUT2D eigenvalue weighted by Gasteiger charge is -2.04. The first kappa shape index (κ1) is 18.4. The van der Waals surface area contributed by atoms with Crippen molar-refractivity contribution in [3.8, 4) is 0 Å². The molecule has 124 valence electrons. The quantitative estimate of drug-likeness (QED) is 0.437. The van der Waals surface area contributed by atoms with Crippen LogP contribution in [0.15, 0.2) is 54.9 Å². The zero-order valence-corrected chi connectivity index (χ0v) is 16.4. The summed E-state index contributed by atoms with van der Waals surface area (Å²) >= 11 is 0. The third kappa shape index (κ3) is 4.32. The number of hydrogen-bond acceptors (Lipinski definition) is 1. The topological polar surface area (TPSA) is 21.7 Å². The zero-order valence-electron chi connectivity index (χ0n) is 14.3. The van der Waals surface area contributed by atoms with Gasteiger partial charge in [0.1, 0.15) is 7.05 Å². The van der Waals surface area contributed by atoms with E-state index in [0.29, 0.717) is 0 Å². The van der Waals surface area contributed by atoms with E-state index in [-0.39, 0.29) is 24.0 Å². The van der Waals surface area contributed by atoms with Crippen molar-refractivity contribution in [1.29, 1.82) is 0 Å². The van der Waals surface area contributed by atoms with Gasteiger partial charge in [-0.25, -0.2) is 4.57 Å². The van der Waals surface area contributed by atoms with E-state index in [4.69, 9.17) is 5.10 Å². The fraction of sp³-hybridized carbons (Fsp3) is 0.200. The number of hydrogen-bond donors (Lipinski definition) is 0. The number of pyridine rings is 1. The normalized spacial score (nSPS) is 10.8.